The van der Waals surface area contributed by atoms with Gasteiger partial charge in [0.1, 0.15) is 0 Å². The van der Waals surface area contributed by atoms with Crippen LogP contribution in [0.3, 0.4) is 0 Å². The summed E-state index contributed by atoms with van der Waals surface area (Å²) in [6, 6.07) is 0. The Morgan fingerprint density at radius 3 is 2.43 bits per heavy atom. The van der Waals surface area contributed by atoms with Gasteiger partial charge in [-0.25, -0.2) is 0 Å². The highest BCUT2D eigenvalue weighted by Gasteiger charge is 2.25. The average molecular weight is 196 g/mol. The fraction of sp³-hybridized carbons (Fsp3) is 1.00. The fourth-order valence-electron chi connectivity index (χ4n) is 3.02. The highest BCUT2D eigenvalue weighted by atomic mass is 15.1. The quantitative estimate of drug-likeness (QED) is 0.687. The third-order valence-electron chi connectivity index (χ3n) is 4.05. The summed E-state index contributed by atoms with van der Waals surface area (Å²) in [5.74, 6) is 2.06. The van der Waals surface area contributed by atoms with Gasteiger partial charge in [0, 0.05) is 0 Å². The van der Waals surface area contributed by atoms with Crippen LogP contribution in [0.4, 0.5) is 0 Å². The van der Waals surface area contributed by atoms with E-state index in [2.05, 4.69) is 17.3 Å². The predicted molar refractivity (Wildman–Crippen MR) is 60.4 cm³/mol. The van der Waals surface area contributed by atoms with Crippen molar-refractivity contribution in [3.8, 4) is 0 Å². The SMILES string of the molecule is CN1CCC(C2CCCNCC2)CC1. The van der Waals surface area contributed by atoms with E-state index in [1.54, 1.807) is 0 Å². The smallest absolute Gasteiger partial charge is 0.00190 e. The maximum atomic E-state index is 3.51. The molecule has 1 unspecified atom stereocenters. The molecule has 1 N–H and O–H groups in total. The van der Waals surface area contributed by atoms with Gasteiger partial charge in [-0.15, -0.1) is 0 Å². The van der Waals surface area contributed by atoms with Gasteiger partial charge in [-0.3, -0.25) is 0 Å². The molecule has 1 atom stereocenters. The summed E-state index contributed by atoms with van der Waals surface area (Å²) in [5.41, 5.74) is 0. The third-order valence-corrected chi connectivity index (χ3v) is 4.05. The van der Waals surface area contributed by atoms with Gasteiger partial charge in [0.05, 0.1) is 0 Å². The van der Waals surface area contributed by atoms with Crippen LogP contribution in [-0.4, -0.2) is 38.1 Å². The van der Waals surface area contributed by atoms with Crippen molar-refractivity contribution in [1.29, 1.82) is 0 Å². The van der Waals surface area contributed by atoms with Crippen molar-refractivity contribution in [1.82, 2.24) is 10.2 Å². The third kappa shape index (κ3) is 2.71. The van der Waals surface area contributed by atoms with Crippen molar-refractivity contribution in [2.45, 2.75) is 32.1 Å². The molecule has 82 valence electrons. The highest BCUT2D eigenvalue weighted by molar-refractivity contribution is 4.78. The van der Waals surface area contributed by atoms with Crippen LogP contribution < -0.4 is 5.32 Å². The normalized spacial score (nSPS) is 32.8. The zero-order valence-electron chi connectivity index (χ0n) is 9.47. The van der Waals surface area contributed by atoms with Crippen LogP contribution in [0, 0.1) is 11.8 Å². The predicted octanol–water partition coefficient (Wildman–Crippen LogP) is 1.72. The van der Waals surface area contributed by atoms with Crippen molar-refractivity contribution in [3.05, 3.63) is 0 Å². The van der Waals surface area contributed by atoms with Gasteiger partial charge in [-0.2, -0.15) is 0 Å². The summed E-state index contributed by atoms with van der Waals surface area (Å²) in [4.78, 5) is 2.48. The van der Waals surface area contributed by atoms with Crippen LogP contribution in [0.1, 0.15) is 32.1 Å². The minimum absolute atomic E-state index is 1.03. The minimum atomic E-state index is 1.03. The first-order valence-electron chi connectivity index (χ1n) is 6.25. The minimum Gasteiger partial charge on any atom is -0.317 e. The fourth-order valence-corrected chi connectivity index (χ4v) is 3.02. The average Bonchev–Trinajstić information content (AvgIpc) is 2.47. The summed E-state index contributed by atoms with van der Waals surface area (Å²) >= 11 is 0. The first kappa shape index (κ1) is 10.4. The molecule has 2 saturated heterocycles. The topological polar surface area (TPSA) is 15.3 Å². The van der Waals surface area contributed by atoms with E-state index in [9.17, 15) is 0 Å². The molecule has 14 heavy (non-hydrogen) atoms. The molecule has 0 aliphatic carbocycles. The summed E-state index contributed by atoms with van der Waals surface area (Å²) in [7, 11) is 2.25. The number of piperidine rings is 1. The van der Waals surface area contributed by atoms with E-state index in [1.165, 1.54) is 58.3 Å². The highest BCUT2D eigenvalue weighted by Crippen LogP contribution is 2.30. The number of hydrogen-bond acceptors (Lipinski definition) is 2. The first-order chi connectivity index (χ1) is 6.86. The second-order valence-corrected chi connectivity index (χ2v) is 5.08. The van der Waals surface area contributed by atoms with Crippen molar-refractivity contribution >= 4 is 0 Å². The van der Waals surface area contributed by atoms with Crippen molar-refractivity contribution in [3.63, 3.8) is 0 Å². The largest absolute Gasteiger partial charge is 0.317 e. The Morgan fingerprint density at radius 2 is 1.64 bits per heavy atom. The lowest BCUT2D eigenvalue weighted by atomic mass is 9.80. The van der Waals surface area contributed by atoms with Crippen LogP contribution in [0.2, 0.25) is 0 Å². The molecule has 0 radical (unpaired) electrons. The number of nitrogens with zero attached hydrogens (tertiary/aromatic N) is 1. The molecule has 2 fully saturated rings. The maximum Gasteiger partial charge on any atom is -0.00190 e. The Kier molecular flexibility index (Phi) is 3.82. The summed E-state index contributed by atoms with van der Waals surface area (Å²) in [5, 5.41) is 3.51. The maximum absolute atomic E-state index is 3.51. The van der Waals surface area contributed by atoms with Gasteiger partial charge in [-0.1, -0.05) is 0 Å². The molecule has 0 aromatic carbocycles. The number of nitrogens with one attached hydrogen (secondary N) is 1. The Balaban J connectivity index is 1.81. The summed E-state index contributed by atoms with van der Waals surface area (Å²) in [6.07, 6.45) is 7.19. The zero-order valence-corrected chi connectivity index (χ0v) is 9.47. The molecule has 0 spiro atoms. The van der Waals surface area contributed by atoms with E-state index in [-0.39, 0.29) is 0 Å². The lowest BCUT2D eigenvalue weighted by Crippen LogP contribution is -2.33. The van der Waals surface area contributed by atoms with Crippen LogP contribution in [0.25, 0.3) is 0 Å². The molecule has 2 heteroatoms. The van der Waals surface area contributed by atoms with Gasteiger partial charge in [0.2, 0.25) is 0 Å². The molecule has 0 aromatic heterocycles. The molecule has 0 amide bonds. The van der Waals surface area contributed by atoms with Gasteiger partial charge in [0.25, 0.3) is 0 Å². The van der Waals surface area contributed by atoms with Crippen LogP contribution >= 0.6 is 0 Å². The summed E-state index contributed by atoms with van der Waals surface area (Å²) < 4.78 is 0. The molecule has 2 heterocycles. The van der Waals surface area contributed by atoms with E-state index in [0.717, 1.165) is 11.8 Å². The Bertz CT molecular complexity index is 154. The molecule has 0 saturated carbocycles. The second kappa shape index (κ2) is 5.13. The molecule has 2 rings (SSSR count). The number of rotatable bonds is 1. The molecule has 2 aliphatic heterocycles. The zero-order chi connectivity index (χ0) is 9.80. The first-order valence-corrected chi connectivity index (χ1v) is 6.25. The van der Waals surface area contributed by atoms with Gasteiger partial charge in [0.15, 0.2) is 0 Å². The lowest BCUT2D eigenvalue weighted by Gasteiger charge is -2.33. The molecule has 2 nitrogen and oxygen atoms in total. The van der Waals surface area contributed by atoms with E-state index in [4.69, 9.17) is 0 Å². The second-order valence-electron chi connectivity index (χ2n) is 5.08. The van der Waals surface area contributed by atoms with Crippen molar-refractivity contribution < 1.29 is 0 Å². The number of hydrogen-bond donors (Lipinski definition) is 1. The lowest BCUT2D eigenvalue weighted by molar-refractivity contribution is 0.162. The molecule has 0 bridgehead atoms. The van der Waals surface area contributed by atoms with Crippen LogP contribution in [0.15, 0.2) is 0 Å². The summed E-state index contributed by atoms with van der Waals surface area (Å²) in [6.45, 7) is 5.17. The number of likely N-dealkylation sites (tertiary alicyclic amines) is 1. The van der Waals surface area contributed by atoms with Crippen LogP contribution in [0.5, 0.6) is 0 Å². The van der Waals surface area contributed by atoms with Crippen molar-refractivity contribution in [2.24, 2.45) is 11.8 Å². The van der Waals surface area contributed by atoms with Gasteiger partial charge < -0.3 is 10.2 Å². The molecule has 0 aromatic rings. The van der Waals surface area contributed by atoms with E-state index in [1.807, 2.05) is 0 Å². The molecular formula is C12H24N2. The van der Waals surface area contributed by atoms with Gasteiger partial charge >= 0.3 is 0 Å². The van der Waals surface area contributed by atoms with Gasteiger partial charge in [-0.05, 0) is 77.2 Å². The standard InChI is InChI=1S/C12H24N2/c1-14-9-5-12(6-10-14)11-3-2-7-13-8-4-11/h11-13H,2-10H2,1H3. The Morgan fingerprint density at radius 1 is 0.929 bits per heavy atom. The van der Waals surface area contributed by atoms with E-state index < -0.39 is 0 Å². The Hall–Kier alpha value is -0.0800. The monoisotopic (exact) mass is 196 g/mol. The van der Waals surface area contributed by atoms with Crippen LogP contribution in [-0.2, 0) is 0 Å². The van der Waals surface area contributed by atoms with Crippen molar-refractivity contribution in [2.75, 3.05) is 33.2 Å². The van der Waals surface area contributed by atoms with E-state index in [0.29, 0.717) is 0 Å². The molecule has 2 aliphatic rings. The Labute approximate surface area is 88.1 Å². The molecular weight excluding hydrogens is 172 g/mol. The van der Waals surface area contributed by atoms with E-state index >= 15 is 0 Å².